The number of aliphatic hydroxyl groups excluding tert-OH is 1. The Hall–Kier alpha value is -0.610. The van der Waals surface area contributed by atoms with E-state index in [1.54, 1.807) is 0 Å². The zero-order chi connectivity index (χ0) is 11.0. The minimum absolute atomic E-state index is 0.176. The van der Waals surface area contributed by atoms with Gasteiger partial charge in [0.05, 0.1) is 5.92 Å². The fourth-order valence-electron chi connectivity index (χ4n) is 2.91. The van der Waals surface area contributed by atoms with Crippen molar-refractivity contribution in [2.75, 3.05) is 13.2 Å². The Bertz CT molecular complexity index is 256. The summed E-state index contributed by atoms with van der Waals surface area (Å²) in [6, 6.07) is 0.552. The van der Waals surface area contributed by atoms with E-state index < -0.39 is 5.97 Å². The number of nitrogens with zero attached hydrogens (tertiary/aromatic N) is 1. The molecule has 1 saturated heterocycles. The Morgan fingerprint density at radius 3 is 2.53 bits per heavy atom. The predicted molar refractivity (Wildman–Crippen MR) is 55.5 cm³/mol. The van der Waals surface area contributed by atoms with Crippen LogP contribution in [0.1, 0.15) is 26.2 Å². The maximum atomic E-state index is 10.9. The number of carbonyl (C=O) groups is 1. The second-order valence-corrected chi connectivity index (χ2v) is 4.80. The van der Waals surface area contributed by atoms with Crippen LogP contribution in [-0.4, -0.2) is 46.3 Å². The summed E-state index contributed by atoms with van der Waals surface area (Å²) < 4.78 is 0. The quantitative estimate of drug-likeness (QED) is 0.719. The molecule has 0 bridgehead atoms. The predicted octanol–water partition coefficient (Wildman–Crippen LogP) is 0.552. The molecule has 1 saturated carbocycles. The Labute approximate surface area is 89.9 Å². The summed E-state index contributed by atoms with van der Waals surface area (Å²) in [6.45, 7) is 3.27. The lowest BCUT2D eigenvalue weighted by molar-refractivity contribution is -0.149. The Morgan fingerprint density at radius 1 is 1.40 bits per heavy atom. The van der Waals surface area contributed by atoms with Crippen LogP contribution in [0.5, 0.6) is 0 Å². The van der Waals surface area contributed by atoms with E-state index in [-0.39, 0.29) is 18.6 Å². The molecule has 1 heterocycles. The van der Waals surface area contributed by atoms with E-state index >= 15 is 0 Å². The molecule has 86 valence electrons. The van der Waals surface area contributed by atoms with Crippen molar-refractivity contribution in [3.63, 3.8) is 0 Å². The SMILES string of the molecule is CC1C(CO)CCN1C1CCC1C(=O)O. The molecule has 1 aliphatic carbocycles. The van der Waals surface area contributed by atoms with Gasteiger partial charge in [-0.1, -0.05) is 0 Å². The standard InChI is InChI=1S/C11H19NO3/c1-7-8(6-13)4-5-12(7)10-3-2-9(10)11(14)15/h7-10,13H,2-6H2,1H3,(H,14,15). The van der Waals surface area contributed by atoms with Crippen LogP contribution in [-0.2, 0) is 4.79 Å². The first kappa shape index (κ1) is 10.9. The zero-order valence-corrected chi connectivity index (χ0v) is 9.09. The molecule has 4 unspecified atom stereocenters. The molecular weight excluding hydrogens is 194 g/mol. The van der Waals surface area contributed by atoms with E-state index in [1.807, 2.05) is 0 Å². The van der Waals surface area contributed by atoms with Gasteiger partial charge in [0.2, 0.25) is 0 Å². The molecule has 0 radical (unpaired) electrons. The van der Waals surface area contributed by atoms with E-state index in [0.29, 0.717) is 12.0 Å². The number of likely N-dealkylation sites (tertiary alicyclic amines) is 1. The van der Waals surface area contributed by atoms with Gasteiger partial charge in [-0.15, -0.1) is 0 Å². The lowest BCUT2D eigenvalue weighted by Gasteiger charge is -2.43. The molecular formula is C11H19NO3. The summed E-state index contributed by atoms with van der Waals surface area (Å²) in [5, 5.41) is 18.2. The maximum absolute atomic E-state index is 10.9. The maximum Gasteiger partial charge on any atom is 0.308 e. The summed E-state index contributed by atoms with van der Waals surface area (Å²) in [7, 11) is 0. The van der Waals surface area contributed by atoms with Gasteiger partial charge in [-0.25, -0.2) is 0 Å². The van der Waals surface area contributed by atoms with Crippen molar-refractivity contribution in [3.8, 4) is 0 Å². The third-order valence-electron chi connectivity index (χ3n) is 4.18. The zero-order valence-electron chi connectivity index (χ0n) is 9.09. The molecule has 0 amide bonds. The van der Waals surface area contributed by atoms with Gasteiger partial charge in [0.1, 0.15) is 0 Å². The van der Waals surface area contributed by atoms with Crippen LogP contribution >= 0.6 is 0 Å². The van der Waals surface area contributed by atoms with E-state index in [2.05, 4.69) is 11.8 Å². The number of carboxylic acid groups (broad SMARTS) is 1. The first-order valence-corrected chi connectivity index (χ1v) is 5.74. The van der Waals surface area contributed by atoms with Crippen molar-refractivity contribution in [2.24, 2.45) is 11.8 Å². The lowest BCUT2D eigenvalue weighted by atomic mass is 9.78. The van der Waals surface area contributed by atoms with Gasteiger partial charge >= 0.3 is 5.97 Å². The number of aliphatic hydroxyl groups is 1. The van der Waals surface area contributed by atoms with Gasteiger partial charge in [-0.05, 0) is 38.6 Å². The minimum Gasteiger partial charge on any atom is -0.481 e. The molecule has 15 heavy (non-hydrogen) atoms. The molecule has 0 spiro atoms. The highest BCUT2D eigenvalue weighted by Gasteiger charge is 2.45. The second kappa shape index (κ2) is 4.10. The summed E-state index contributed by atoms with van der Waals surface area (Å²) in [6.07, 6.45) is 2.81. The van der Waals surface area contributed by atoms with Crippen molar-refractivity contribution in [3.05, 3.63) is 0 Å². The number of hydrogen-bond acceptors (Lipinski definition) is 3. The van der Waals surface area contributed by atoms with E-state index in [1.165, 1.54) is 0 Å². The average Bonchev–Trinajstić information content (AvgIpc) is 2.45. The van der Waals surface area contributed by atoms with Crippen LogP contribution in [0.4, 0.5) is 0 Å². The van der Waals surface area contributed by atoms with Gasteiger partial charge in [0, 0.05) is 18.7 Å². The lowest BCUT2D eigenvalue weighted by Crippen LogP contribution is -2.52. The van der Waals surface area contributed by atoms with Crippen LogP contribution in [0.3, 0.4) is 0 Å². The number of rotatable bonds is 3. The molecule has 0 aromatic rings. The monoisotopic (exact) mass is 213 g/mol. The summed E-state index contributed by atoms with van der Waals surface area (Å²) >= 11 is 0. The Balaban J connectivity index is 1.97. The van der Waals surface area contributed by atoms with E-state index in [4.69, 9.17) is 10.2 Å². The van der Waals surface area contributed by atoms with Crippen LogP contribution in [0.25, 0.3) is 0 Å². The number of carboxylic acids is 1. The van der Waals surface area contributed by atoms with Crippen molar-refractivity contribution >= 4 is 5.97 Å². The van der Waals surface area contributed by atoms with Gasteiger partial charge in [0.15, 0.2) is 0 Å². The normalized spacial score (nSPS) is 41.5. The molecule has 2 rings (SSSR count). The van der Waals surface area contributed by atoms with Crippen molar-refractivity contribution in [2.45, 2.75) is 38.3 Å². The van der Waals surface area contributed by atoms with Gasteiger partial charge < -0.3 is 10.2 Å². The minimum atomic E-state index is -0.661. The van der Waals surface area contributed by atoms with Crippen LogP contribution < -0.4 is 0 Å². The van der Waals surface area contributed by atoms with Gasteiger partial charge in [-0.3, -0.25) is 9.69 Å². The van der Waals surface area contributed by atoms with E-state index in [0.717, 1.165) is 25.8 Å². The topological polar surface area (TPSA) is 60.8 Å². The first-order valence-electron chi connectivity index (χ1n) is 5.74. The van der Waals surface area contributed by atoms with E-state index in [9.17, 15) is 4.79 Å². The third-order valence-corrected chi connectivity index (χ3v) is 4.18. The molecule has 4 atom stereocenters. The molecule has 2 fully saturated rings. The summed E-state index contributed by atoms with van der Waals surface area (Å²) in [5.41, 5.74) is 0. The molecule has 1 aliphatic heterocycles. The highest BCUT2D eigenvalue weighted by Crippen LogP contribution is 2.38. The smallest absolute Gasteiger partial charge is 0.308 e. The molecule has 2 N–H and O–H groups in total. The summed E-state index contributed by atoms with van der Waals surface area (Å²) in [4.78, 5) is 13.2. The van der Waals surface area contributed by atoms with Crippen LogP contribution in [0.15, 0.2) is 0 Å². The second-order valence-electron chi connectivity index (χ2n) is 4.80. The molecule has 0 aromatic carbocycles. The highest BCUT2D eigenvalue weighted by molar-refractivity contribution is 5.72. The summed E-state index contributed by atoms with van der Waals surface area (Å²) in [5.74, 6) is -0.504. The van der Waals surface area contributed by atoms with Crippen LogP contribution in [0, 0.1) is 11.8 Å². The largest absolute Gasteiger partial charge is 0.481 e. The molecule has 4 nitrogen and oxygen atoms in total. The van der Waals surface area contributed by atoms with Gasteiger partial charge in [0.25, 0.3) is 0 Å². The van der Waals surface area contributed by atoms with Crippen molar-refractivity contribution < 1.29 is 15.0 Å². The highest BCUT2D eigenvalue weighted by atomic mass is 16.4. The van der Waals surface area contributed by atoms with Crippen LogP contribution in [0.2, 0.25) is 0 Å². The number of aliphatic carboxylic acids is 1. The molecule has 4 heteroatoms. The average molecular weight is 213 g/mol. The molecule has 2 aliphatic rings. The van der Waals surface area contributed by atoms with Crippen molar-refractivity contribution in [1.29, 1.82) is 0 Å². The fourth-order valence-corrected chi connectivity index (χ4v) is 2.91. The van der Waals surface area contributed by atoms with Gasteiger partial charge in [-0.2, -0.15) is 0 Å². The Kier molecular flexibility index (Phi) is 2.98. The Morgan fingerprint density at radius 2 is 2.13 bits per heavy atom. The first-order chi connectivity index (χ1) is 7.15. The third kappa shape index (κ3) is 1.76. The fraction of sp³-hybridized carbons (Fsp3) is 0.909. The van der Waals surface area contributed by atoms with Crippen molar-refractivity contribution in [1.82, 2.24) is 4.90 Å². The number of hydrogen-bond donors (Lipinski definition) is 2. The molecule has 0 aromatic heterocycles.